The minimum absolute atomic E-state index is 0. The molecular weight excluding hydrogens is 280 g/mol. The van der Waals surface area contributed by atoms with Gasteiger partial charge in [0.2, 0.25) is 0 Å². The molecule has 0 heterocycles. The molecule has 3 saturated carbocycles. The lowest BCUT2D eigenvalue weighted by atomic mass is 9.65. The zero-order valence-corrected chi connectivity index (χ0v) is 15.6. The van der Waals surface area contributed by atoms with Gasteiger partial charge in [0.05, 0.1) is 0 Å². The van der Waals surface area contributed by atoms with E-state index in [0.717, 1.165) is 35.5 Å². The minimum Gasteiger partial charge on any atom is -0.412 e. The van der Waals surface area contributed by atoms with Crippen molar-refractivity contribution >= 4 is 0 Å². The summed E-state index contributed by atoms with van der Waals surface area (Å²) in [5.41, 5.74) is 0. The lowest BCUT2D eigenvalue weighted by Gasteiger charge is -2.41. The molecule has 0 spiro atoms. The van der Waals surface area contributed by atoms with E-state index in [4.69, 9.17) is 0 Å². The highest BCUT2D eigenvalue weighted by Crippen LogP contribution is 2.45. The Balaban J connectivity index is 0.00000192. The van der Waals surface area contributed by atoms with Gasteiger partial charge in [-0.3, -0.25) is 0 Å². The molecule has 3 aliphatic rings. The Labute approximate surface area is 144 Å². The van der Waals surface area contributed by atoms with Gasteiger partial charge < -0.3 is 5.48 Å². The Hall–Kier alpha value is -0.300. The normalized spacial score (nSPS) is 42.3. The first-order valence-electron chi connectivity index (χ1n) is 10.4. The van der Waals surface area contributed by atoms with Crippen LogP contribution in [0.25, 0.3) is 0 Å². The maximum absolute atomic E-state index is 2.46. The van der Waals surface area contributed by atoms with E-state index >= 15 is 0 Å². The molecular formula is C22H40O. The third kappa shape index (κ3) is 5.08. The second-order valence-corrected chi connectivity index (χ2v) is 8.90. The maximum atomic E-state index is 2.46. The predicted molar refractivity (Wildman–Crippen MR) is 100 cm³/mol. The molecule has 0 aromatic heterocycles. The summed E-state index contributed by atoms with van der Waals surface area (Å²) in [5.74, 6) is 6.28. The SMILES string of the molecule is C/C=C/C1CCC(C2CCC(C3CCC(C)CC3)CC2)CC1.O. The van der Waals surface area contributed by atoms with Gasteiger partial charge in [-0.1, -0.05) is 31.9 Å². The largest absolute Gasteiger partial charge is 0.412 e. The fraction of sp³-hybridized carbons (Fsp3) is 0.909. The molecule has 1 heteroatoms. The van der Waals surface area contributed by atoms with Crippen LogP contribution in [0.15, 0.2) is 12.2 Å². The van der Waals surface area contributed by atoms with E-state index in [2.05, 4.69) is 26.0 Å². The monoisotopic (exact) mass is 320 g/mol. The summed E-state index contributed by atoms with van der Waals surface area (Å²) in [7, 11) is 0. The lowest BCUT2D eigenvalue weighted by Crippen LogP contribution is -2.29. The number of hydrogen-bond acceptors (Lipinski definition) is 0. The molecule has 0 aromatic rings. The maximum Gasteiger partial charge on any atom is -0.0233 e. The summed E-state index contributed by atoms with van der Waals surface area (Å²) < 4.78 is 0. The number of allylic oxidation sites excluding steroid dienone is 2. The first kappa shape index (κ1) is 19.0. The predicted octanol–water partition coefficient (Wildman–Crippen LogP) is 6.18. The molecule has 1 nitrogen and oxygen atoms in total. The van der Waals surface area contributed by atoms with Gasteiger partial charge in [-0.2, -0.15) is 0 Å². The van der Waals surface area contributed by atoms with Crippen LogP contribution in [-0.2, 0) is 0 Å². The van der Waals surface area contributed by atoms with Crippen LogP contribution in [0, 0.1) is 35.5 Å². The van der Waals surface area contributed by atoms with E-state index in [1.54, 1.807) is 38.5 Å². The topological polar surface area (TPSA) is 31.5 Å². The Morgan fingerprint density at radius 3 is 1.30 bits per heavy atom. The second-order valence-electron chi connectivity index (χ2n) is 8.90. The van der Waals surface area contributed by atoms with Gasteiger partial charge in [-0.15, -0.1) is 0 Å². The van der Waals surface area contributed by atoms with Crippen LogP contribution in [0.3, 0.4) is 0 Å². The number of hydrogen-bond donors (Lipinski definition) is 0. The van der Waals surface area contributed by atoms with Crippen molar-refractivity contribution in [2.24, 2.45) is 35.5 Å². The summed E-state index contributed by atoms with van der Waals surface area (Å²) in [6, 6.07) is 0. The van der Waals surface area contributed by atoms with Crippen molar-refractivity contribution in [1.82, 2.24) is 0 Å². The Morgan fingerprint density at radius 1 is 0.565 bits per heavy atom. The van der Waals surface area contributed by atoms with Crippen LogP contribution in [-0.4, -0.2) is 5.48 Å². The Kier molecular flexibility index (Phi) is 7.66. The fourth-order valence-corrected chi connectivity index (χ4v) is 5.93. The quantitative estimate of drug-likeness (QED) is 0.556. The molecule has 0 aromatic carbocycles. The van der Waals surface area contributed by atoms with Crippen LogP contribution in [0.2, 0.25) is 0 Å². The fourth-order valence-electron chi connectivity index (χ4n) is 5.93. The van der Waals surface area contributed by atoms with Crippen molar-refractivity contribution in [3.8, 4) is 0 Å². The van der Waals surface area contributed by atoms with Crippen molar-refractivity contribution in [1.29, 1.82) is 0 Å². The van der Waals surface area contributed by atoms with E-state index in [0.29, 0.717) is 0 Å². The molecule has 3 fully saturated rings. The summed E-state index contributed by atoms with van der Waals surface area (Å²) in [4.78, 5) is 0. The molecule has 0 amide bonds. The smallest absolute Gasteiger partial charge is 0.0233 e. The third-order valence-electron chi connectivity index (χ3n) is 7.49. The van der Waals surface area contributed by atoms with Crippen molar-refractivity contribution in [2.75, 3.05) is 0 Å². The summed E-state index contributed by atoms with van der Waals surface area (Å²) in [6.07, 6.45) is 23.1. The van der Waals surface area contributed by atoms with Crippen molar-refractivity contribution < 1.29 is 5.48 Å². The molecule has 0 saturated heterocycles. The molecule has 0 aliphatic heterocycles. The molecule has 0 unspecified atom stereocenters. The van der Waals surface area contributed by atoms with Crippen molar-refractivity contribution in [3.05, 3.63) is 12.2 Å². The number of rotatable bonds is 3. The van der Waals surface area contributed by atoms with Crippen LogP contribution in [0.4, 0.5) is 0 Å². The van der Waals surface area contributed by atoms with E-state index in [-0.39, 0.29) is 5.48 Å². The van der Waals surface area contributed by atoms with Crippen LogP contribution in [0.1, 0.15) is 90.9 Å². The van der Waals surface area contributed by atoms with Gasteiger partial charge >= 0.3 is 0 Å². The van der Waals surface area contributed by atoms with Gasteiger partial charge in [-0.25, -0.2) is 0 Å². The molecule has 3 rings (SSSR count). The molecule has 0 atom stereocenters. The van der Waals surface area contributed by atoms with Gasteiger partial charge in [0.25, 0.3) is 0 Å². The standard InChI is InChI=1S/C22H38.H2O/c1-3-4-18-7-11-20(12-8-18)22-15-13-21(14-16-22)19-9-5-17(2)6-10-19;/h3-4,17-22H,5-16H2,1-2H3;1H2/b4-3+;. The first-order valence-corrected chi connectivity index (χ1v) is 10.4. The van der Waals surface area contributed by atoms with Crippen LogP contribution < -0.4 is 0 Å². The van der Waals surface area contributed by atoms with Gasteiger partial charge in [0.15, 0.2) is 0 Å². The third-order valence-corrected chi connectivity index (χ3v) is 7.49. The minimum atomic E-state index is 0. The average molecular weight is 321 g/mol. The van der Waals surface area contributed by atoms with Gasteiger partial charge in [-0.05, 0) is 107 Å². The Bertz CT molecular complexity index is 337. The molecule has 0 radical (unpaired) electrons. The first-order chi connectivity index (χ1) is 10.8. The highest BCUT2D eigenvalue weighted by atomic mass is 16.0. The van der Waals surface area contributed by atoms with Gasteiger partial charge in [0.1, 0.15) is 0 Å². The summed E-state index contributed by atoms with van der Waals surface area (Å²) >= 11 is 0. The van der Waals surface area contributed by atoms with Gasteiger partial charge in [0, 0.05) is 0 Å². The highest BCUT2D eigenvalue weighted by molar-refractivity contribution is 4.91. The van der Waals surface area contributed by atoms with Crippen molar-refractivity contribution in [2.45, 2.75) is 90.9 Å². The second kappa shape index (κ2) is 9.25. The van der Waals surface area contributed by atoms with E-state index in [1.807, 2.05) is 0 Å². The lowest BCUT2D eigenvalue weighted by molar-refractivity contribution is 0.110. The van der Waals surface area contributed by atoms with E-state index in [1.165, 1.54) is 38.5 Å². The van der Waals surface area contributed by atoms with Crippen LogP contribution >= 0.6 is 0 Å². The summed E-state index contributed by atoms with van der Waals surface area (Å²) in [5, 5.41) is 0. The highest BCUT2D eigenvalue weighted by Gasteiger charge is 2.33. The zero-order chi connectivity index (χ0) is 15.4. The molecule has 2 N–H and O–H groups in total. The van der Waals surface area contributed by atoms with E-state index < -0.39 is 0 Å². The van der Waals surface area contributed by atoms with E-state index in [9.17, 15) is 0 Å². The van der Waals surface area contributed by atoms with Crippen LogP contribution in [0.5, 0.6) is 0 Å². The Morgan fingerprint density at radius 2 is 0.913 bits per heavy atom. The summed E-state index contributed by atoms with van der Waals surface area (Å²) in [6.45, 7) is 4.64. The molecule has 0 bridgehead atoms. The van der Waals surface area contributed by atoms with Crippen molar-refractivity contribution in [3.63, 3.8) is 0 Å². The zero-order valence-electron chi connectivity index (χ0n) is 15.6. The average Bonchev–Trinajstić information content (AvgIpc) is 2.57. The molecule has 3 aliphatic carbocycles. The molecule has 23 heavy (non-hydrogen) atoms. The molecule has 134 valence electrons.